The number of hydrogen-bond acceptors (Lipinski definition) is 2. The number of H-pyrrole nitrogens is 1. The van der Waals surface area contributed by atoms with Crippen LogP contribution in [0.4, 0.5) is 8.78 Å². The Balaban J connectivity index is 1.78. The average Bonchev–Trinajstić information content (AvgIpc) is 3.07. The number of amides is 1. The molecule has 0 radical (unpaired) electrons. The Morgan fingerprint density at radius 1 is 1.11 bits per heavy atom. The highest BCUT2D eigenvalue weighted by Gasteiger charge is 2.19. The normalized spacial score (nSPS) is 11.1. The quantitative estimate of drug-likeness (QED) is 0.516. The summed E-state index contributed by atoms with van der Waals surface area (Å²) < 4.78 is 28.8. The molecule has 4 nitrogen and oxygen atoms in total. The Morgan fingerprint density at radius 3 is 2.57 bits per heavy atom. The van der Waals surface area contributed by atoms with Gasteiger partial charge in [-0.1, -0.05) is 23.7 Å². The molecule has 2 aromatic carbocycles. The summed E-state index contributed by atoms with van der Waals surface area (Å²) >= 11 is 5.93. The third kappa shape index (κ3) is 3.23. The van der Waals surface area contributed by atoms with Crippen LogP contribution in [0.15, 0.2) is 54.9 Å². The molecule has 2 heterocycles. The molecule has 7 heteroatoms. The van der Waals surface area contributed by atoms with Gasteiger partial charge in [0.1, 0.15) is 17.3 Å². The predicted molar refractivity (Wildman–Crippen MR) is 104 cm³/mol. The Kier molecular flexibility index (Phi) is 4.57. The standard InChI is InChI=1S/C21H14ClF2N3O/c22-14-3-1-11(2-4-14)12-7-16-13(10-27-21(16)26-9-12)8-17-18(23)6-5-15(19(17)24)20(25)28/h1-7,9-10H,8H2,(H2,25,28)(H,26,27). The Bertz CT molecular complexity index is 1200. The fraction of sp³-hybridized carbons (Fsp3) is 0.0476. The van der Waals surface area contributed by atoms with Crippen molar-refractivity contribution in [3.63, 3.8) is 0 Å². The van der Waals surface area contributed by atoms with Crippen LogP contribution in [-0.2, 0) is 6.42 Å². The van der Waals surface area contributed by atoms with Gasteiger partial charge < -0.3 is 10.7 Å². The van der Waals surface area contributed by atoms with Gasteiger partial charge in [-0.15, -0.1) is 0 Å². The summed E-state index contributed by atoms with van der Waals surface area (Å²) in [5.41, 5.74) is 7.62. The zero-order chi connectivity index (χ0) is 19.8. The van der Waals surface area contributed by atoms with Crippen molar-refractivity contribution in [2.45, 2.75) is 6.42 Å². The molecule has 1 amide bonds. The number of fused-ring (bicyclic) bond motifs is 1. The first-order valence-corrected chi connectivity index (χ1v) is 8.80. The maximum absolute atomic E-state index is 14.6. The zero-order valence-corrected chi connectivity index (χ0v) is 15.2. The SMILES string of the molecule is NC(=O)c1ccc(F)c(Cc2c[nH]c3ncc(-c4ccc(Cl)cc4)cc23)c1F. The highest BCUT2D eigenvalue weighted by atomic mass is 35.5. The molecule has 140 valence electrons. The van der Waals surface area contributed by atoms with Gasteiger partial charge in [0.25, 0.3) is 5.91 Å². The Morgan fingerprint density at radius 2 is 1.86 bits per heavy atom. The number of carbonyl (C=O) groups excluding carboxylic acids is 1. The zero-order valence-electron chi connectivity index (χ0n) is 14.5. The molecule has 0 spiro atoms. The van der Waals surface area contributed by atoms with E-state index < -0.39 is 17.5 Å². The number of halogens is 3. The van der Waals surface area contributed by atoms with E-state index in [2.05, 4.69) is 9.97 Å². The number of aromatic nitrogens is 2. The predicted octanol–water partition coefficient (Wildman–Crippen LogP) is 4.85. The largest absolute Gasteiger partial charge is 0.366 e. The van der Waals surface area contributed by atoms with E-state index >= 15 is 0 Å². The van der Waals surface area contributed by atoms with Gasteiger partial charge in [0.2, 0.25) is 0 Å². The van der Waals surface area contributed by atoms with E-state index in [4.69, 9.17) is 17.3 Å². The lowest BCUT2D eigenvalue weighted by Gasteiger charge is -2.08. The van der Waals surface area contributed by atoms with Crippen LogP contribution in [0.1, 0.15) is 21.5 Å². The molecular formula is C21H14ClF2N3O. The fourth-order valence-electron chi connectivity index (χ4n) is 3.14. The van der Waals surface area contributed by atoms with Crippen LogP contribution in [0.2, 0.25) is 5.02 Å². The molecule has 4 rings (SSSR count). The summed E-state index contributed by atoms with van der Waals surface area (Å²) in [5, 5.41) is 1.36. The molecule has 4 aromatic rings. The van der Waals surface area contributed by atoms with E-state index in [-0.39, 0.29) is 17.5 Å². The summed E-state index contributed by atoms with van der Waals surface area (Å²) in [6.07, 6.45) is 3.31. The minimum absolute atomic E-state index is 0.0511. The van der Waals surface area contributed by atoms with E-state index in [0.717, 1.165) is 28.6 Å². The second-order valence-electron chi connectivity index (χ2n) is 6.37. The molecule has 0 aliphatic heterocycles. The molecular weight excluding hydrogens is 384 g/mol. The van der Waals surface area contributed by atoms with Crippen molar-refractivity contribution < 1.29 is 13.6 Å². The fourth-order valence-corrected chi connectivity index (χ4v) is 3.27. The molecule has 0 unspecified atom stereocenters. The number of nitrogens with zero attached hydrogens (tertiary/aromatic N) is 1. The molecule has 0 saturated heterocycles. The van der Waals surface area contributed by atoms with Crippen LogP contribution in [0.3, 0.4) is 0 Å². The van der Waals surface area contributed by atoms with Crippen molar-refractivity contribution in [2.24, 2.45) is 5.73 Å². The van der Waals surface area contributed by atoms with Crippen LogP contribution in [0.5, 0.6) is 0 Å². The van der Waals surface area contributed by atoms with Gasteiger partial charge in [0, 0.05) is 40.4 Å². The number of aromatic amines is 1. The van der Waals surface area contributed by atoms with E-state index in [1.807, 2.05) is 18.2 Å². The Labute approximate surface area is 164 Å². The topological polar surface area (TPSA) is 71.8 Å². The summed E-state index contributed by atoms with van der Waals surface area (Å²) in [4.78, 5) is 18.7. The summed E-state index contributed by atoms with van der Waals surface area (Å²) in [6, 6.07) is 11.3. The van der Waals surface area contributed by atoms with Crippen molar-refractivity contribution in [3.05, 3.63) is 88.2 Å². The maximum Gasteiger partial charge on any atom is 0.251 e. The third-order valence-corrected chi connectivity index (χ3v) is 4.87. The molecule has 0 bridgehead atoms. The third-order valence-electron chi connectivity index (χ3n) is 4.61. The summed E-state index contributed by atoms with van der Waals surface area (Å²) in [5.74, 6) is -2.62. The second-order valence-corrected chi connectivity index (χ2v) is 6.81. The molecule has 28 heavy (non-hydrogen) atoms. The van der Waals surface area contributed by atoms with Crippen molar-refractivity contribution in [3.8, 4) is 11.1 Å². The van der Waals surface area contributed by atoms with Crippen molar-refractivity contribution in [1.29, 1.82) is 0 Å². The summed E-state index contributed by atoms with van der Waals surface area (Å²) in [6.45, 7) is 0. The summed E-state index contributed by atoms with van der Waals surface area (Å²) in [7, 11) is 0. The van der Waals surface area contributed by atoms with E-state index in [9.17, 15) is 13.6 Å². The van der Waals surface area contributed by atoms with Crippen LogP contribution in [-0.4, -0.2) is 15.9 Å². The number of nitrogens with one attached hydrogen (secondary N) is 1. The van der Waals surface area contributed by atoms with Gasteiger partial charge in [0.05, 0.1) is 5.56 Å². The second kappa shape index (κ2) is 7.05. The van der Waals surface area contributed by atoms with Crippen LogP contribution >= 0.6 is 11.6 Å². The number of pyridine rings is 1. The van der Waals surface area contributed by atoms with Gasteiger partial charge in [-0.05, 0) is 41.5 Å². The minimum Gasteiger partial charge on any atom is -0.366 e. The monoisotopic (exact) mass is 397 g/mol. The maximum atomic E-state index is 14.6. The lowest BCUT2D eigenvalue weighted by atomic mass is 9.99. The number of hydrogen-bond donors (Lipinski definition) is 2. The number of primary amides is 1. The molecule has 0 aliphatic carbocycles. The van der Waals surface area contributed by atoms with Crippen molar-refractivity contribution in [2.75, 3.05) is 0 Å². The first-order chi connectivity index (χ1) is 13.4. The number of rotatable bonds is 4. The highest BCUT2D eigenvalue weighted by Crippen LogP contribution is 2.28. The smallest absolute Gasteiger partial charge is 0.251 e. The van der Waals surface area contributed by atoms with Crippen LogP contribution in [0.25, 0.3) is 22.2 Å². The minimum atomic E-state index is -0.941. The molecule has 0 fully saturated rings. The first kappa shape index (κ1) is 18.1. The van der Waals surface area contributed by atoms with E-state index in [1.54, 1.807) is 24.5 Å². The van der Waals surface area contributed by atoms with Crippen molar-refractivity contribution in [1.82, 2.24) is 9.97 Å². The molecule has 3 N–H and O–H groups in total. The van der Waals surface area contributed by atoms with Gasteiger partial charge in [0.15, 0.2) is 0 Å². The number of nitrogens with two attached hydrogens (primary N) is 1. The van der Waals surface area contributed by atoms with Gasteiger partial charge in [-0.3, -0.25) is 4.79 Å². The Hall–Kier alpha value is -3.25. The molecule has 0 atom stereocenters. The van der Waals surface area contributed by atoms with E-state index in [0.29, 0.717) is 16.2 Å². The number of benzene rings is 2. The average molecular weight is 398 g/mol. The van der Waals surface area contributed by atoms with Gasteiger partial charge in [-0.25, -0.2) is 13.8 Å². The number of carbonyl (C=O) groups is 1. The van der Waals surface area contributed by atoms with E-state index in [1.165, 1.54) is 0 Å². The molecule has 0 aliphatic rings. The van der Waals surface area contributed by atoms with Gasteiger partial charge >= 0.3 is 0 Å². The van der Waals surface area contributed by atoms with Crippen LogP contribution < -0.4 is 5.73 Å². The molecule has 0 saturated carbocycles. The van der Waals surface area contributed by atoms with Gasteiger partial charge in [-0.2, -0.15) is 0 Å². The highest BCUT2D eigenvalue weighted by molar-refractivity contribution is 6.30. The lowest BCUT2D eigenvalue weighted by molar-refractivity contribution is 0.0996. The van der Waals surface area contributed by atoms with Crippen molar-refractivity contribution >= 4 is 28.5 Å². The van der Waals surface area contributed by atoms with Crippen LogP contribution in [0, 0.1) is 11.6 Å². The molecule has 2 aromatic heterocycles. The first-order valence-electron chi connectivity index (χ1n) is 8.42. The lowest BCUT2D eigenvalue weighted by Crippen LogP contribution is -2.15.